The van der Waals surface area contributed by atoms with Crippen molar-refractivity contribution in [1.29, 1.82) is 0 Å². The van der Waals surface area contributed by atoms with Crippen molar-refractivity contribution in [3.8, 4) is 5.75 Å². The fourth-order valence-electron chi connectivity index (χ4n) is 1.31. The van der Waals surface area contributed by atoms with Crippen LogP contribution in [0.2, 0.25) is 5.02 Å². The van der Waals surface area contributed by atoms with Crippen molar-refractivity contribution >= 4 is 23.4 Å². The Morgan fingerprint density at radius 3 is 2.63 bits per heavy atom. The molecule has 0 aliphatic heterocycles. The number of carbonyl (C=O) groups is 2. The lowest BCUT2D eigenvalue weighted by molar-refractivity contribution is -0.131. The molecule has 1 rings (SSSR count). The van der Waals surface area contributed by atoms with Gasteiger partial charge in [0.25, 0.3) is 0 Å². The molecule has 5 heteroatoms. The van der Waals surface area contributed by atoms with Gasteiger partial charge in [0.05, 0.1) is 12.2 Å². The van der Waals surface area contributed by atoms with Crippen molar-refractivity contribution in [2.24, 2.45) is 5.92 Å². The molecule has 0 saturated carbocycles. The number of aliphatic carboxylic acids is 1. The zero-order valence-corrected chi connectivity index (χ0v) is 11.5. The van der Waals surface area contributed by atoms with E-state index >= 15 is 0 Å². The Bertz CT molecular complexity index is 506. The highest BCUT2D eigenvalue weighted by Gasteiger charge is 2.12. The van der Waals surface area contributed by atoms with E-state index in [-0.39, 0.29) is 5.56 Å². The van der Waals surface area contributed by atoms with Crippen molar-refractivity contribution < 1.29 is 19.4 Å². The molecule has 0 aliphatic carbocycles. The van der Waals surface area contributed by atoms with Gasteiger partial charge in [-0.2, -0.15) is 0 Å². The summed E-state index contributed by atoms with van der Waals surface area (Å²) in [6.45, 7) is 4.44. The number of benzene rings is 1. The summed E-state index contributed by atoms with van der Waals surface area (Å²) in [5.74, 6) is -0.921. The van der Waals surface area contributed by atoms with Gasteiger partial charge in [-0.25, -0.2) is 4.79 Å². The smallest absolute Gasteiger partial charge is 0.328 e. The van der Waals surface area contributed by atoms with Gasteiger partial charge in [0.1, 0.15) is 5.75 Å². The topological polar surface area (TPSA) is 63.6 Å². The van der Waals surface area contributed by atoms with E-state index in [1.807, 2.05) is 13.8 Å². The molecule has 0 fully saturated rings. The number of halogens is 1. The van der Waals surface area contributed by atoms with Crippen LogP contribution >= 0.6 is 11.6 Å². The predicted octanol–water partition coefficient (Wildman–Crippen LogP) is 3.20. The standard InChI is InChI=1S/C14H15ClO4/c1-9(2)8-19-13-5-3-10(15)7-11(13)12(16)4-6-14(17)18/h3-7,9H,8H2,1-2H3,(H,17,18)/b6-4+. The first-order valence-electron chi connectivity index (χ1n) is 5.78. The van der Waals surface area contributed by atoms with Crippen molar-refractivity contribution in [2.45, 2.75) is 13.8 Å². The van der Waals surface area contributed by atoms with Crippen LogP contribution in [0.15, 0.2) is 30.4 Å². The van der Waals surface area contributed by atoms with Gasteiger partial charge >= 0.3 is 5.97 Å². The number of allylic oxidation sites excluding steroid dienone is 1. The molecule has 1 N–H and O–H groups in total. The normalized spacial score (nSPS) is 10.9. The molecule has 0 saturated heterocycles. The van der Waals surface area contributed by atoms with Crippen LogP contribution in [0, 0.1) is 5.92 Å². The van der Waals surface area contributed by atoms with E-state index in [1.165, 1.54) is 6.07 Å². The maximum Gasteiger partial charge on any atom is 0.328 e. The van der Waals surface area contributed by atoms with Crippen LogP contribution in [-0.4, -0.2) is 23.5 Å². The molecular formula is C14H15ClO4. The van der Waals surface area contributed by atoms with Gasteiger partial charge in [-0.15, -0.1) is 0 Å². The van der Waals surface area contributed by atoms with E-state index < -0.39 is 11.8 Å². The van der Waals surface area contributed by atoms with Crippen LogP contribution in [0.25, 0.3) is 0 Å². The number of carboxylic acid groups (broad SMARTS) is 1. The van der Waals surface area contributed by atoms with E-state index in [1.54, 1.807) is 12.1 Å². The van der Waals surface area contributed by atoms with E-state index in [2.05, 4.69) is 0 Å². The summed E-state index contributed by atoms with van der Waals surface area (Å²) in [4.78, 5) is 22.3. The average molecular weight is 283 g/mol. The summed E-state index contributed by atoms with van der Waals surface area (Å²) in [5, 5.41) is 8.91. The van der Waals surface area contributed by atoms with Gasteiger partial charge < -0.3 is 9.84 Å². The minimum absolute atomic E-state index is 0.255. The number of carbonyl (C=O) groups excluding carboxylic acids is 1. The van der Waals surface area contributed by atoms with Gasteiger partial charge in [-0.05, 0) is 30.2 Å². The number of carboxylic acids is 1. The molecule has 0 spiro atoms. The second kappa shape index (κ2) is 6.95. The molecule has 0 amide bonds. The number of rotatable bonds is 6. The van der Waals surface area contributed by atoms with Gasteiger partial charge in [0.2, 0.25) is 0 Å². The van der Waals surface area contributed by atoms with Crippen LogP contribution in [0.1, 0.15) is 24.2 Å². The number of ether oxygens (including phenoxy) is 1. The molecule has 0 heterocycles. The highest BCUT2D eigenvalue weighted by atomic mass is 35.5. The lowest BCUT2D eigenvalue weighted by Crippen LogP contribution is -2.08. The van der Waals surface area contributed by atoms with Gasteiger partial charge in [-0.1, -0.05) is 25.4 Å². The highest BCUT2D eigenvalue weighted by molar-refractivity contribution is 6.31. The minimum atomic E-state index is -1.18. The zero-order chi connectivity index (χ0) is 14.4. The van der Waals surface area contributed by atoms with Gasteiger partial charge in [-0.3, -0.25) is 4.79 Å². The number of ketones is 1. The third-order valence-corrected chi connectivity index (χ3v) is 2.39. The van der Waals surface area contributed by atoms with Crippen molar-refractivity contribution in [3.05, 3.63) is 40.9 Å². The molecule has 0 aromatic heterocycles. The highest BCUT2D eigenvalue weighted by Crippen LogP contribution is 2.24. The first-order valence-corrected chi connectivity index (χ1v) is 6.15. The summed E-state index contributed by atoms with van der Waals surface area (Å²) in [6.07, 6.45) is 1.77. The van der Waals surface area contributed by atoms with E-state index in [0.717, 1.165) is 12.2 Å². The summed E-state index contributed by atoms with van der Waals surface area (Å²) in [6, 6.07) is 4.69. The van der Waals surface area contributed by atoms with Crippen LogP contribution in [0.5, 0.6) is 5.75 Å². The van der Waals surface area contributed by atoms with Crippen LogP contribution in [0.3, 0.4) is 0 Å². The van der Waals surface area contributed by atoms with Crippen LogP contribution in [0.4, 0.5) is 0 Å². The molecule has 19 heavy (non-hydrogen) atoms. The molecule has 0 radical (unpaired) electrons. The molecule has 1 aromatic carbocycles. The lowest BCUT2D eigenvalue weighted by Gasteiger charge is -2.11. The first-order chi connectivity index (χ1) is 8.90. The maximum absolute atomic E-state index is 11.9. The second-order valence-corrected chi connectivity index (χ2v) is 4.82. The molecule has 102 valence electrons. The Hall–Kier alpha value is -1.81. The molecule has 0 aliphatic rings. The molecule has 0 unspecified atom stereocenters. The number of hydrogen-bond donors (Lipinski definition) is 1. The molecule has 1 aromatic rings. The average Bonchev–Trinajstić information content (AvgIpc) is 2.34. The lowest BCUT2D eigenvalue weighted by atomic mass is 10.1. The van der Waals surface area contributed by atoms with E-state index in [0.29, 0.717) is 23.3 Å². The molecule has 4 nitrogen and oxygen atoms in total. The fourth-order valence-corrected chi connectivity index (χ4v) is 1.49. The van der Waals surface area contributed by atoms with E-state index in [9.17, 15) is 9.59 Å². The Morgan fingerprint density at radius 2 is 2.05 bits per heavy atom. The largest absolute Gasteiger partial charge is 0.493 e. The summed E-state index contributed by atoms with van der Waals surface area (Å²) in [7, 11) is 0. The van der Waals surface area contributed by atoms with Crippen molar-refractivity contribution in [2.75, 3.05) is 6.61 Å². The summed E-state index contributed by atoms with van der Waals surface area (Å²) >= 11 is 5.84. The first kappa shape index (κ1) is 15.2. The van der Waals surface area contributed by atoms with Crippen molar-refractivity contribution in [1.82, 2.24) is 0 Å². The predicted molar refractivity (Wildman–Crippen MR) is 72.9 cm³/mol. The molecular weight excluding hydrogens is 268 g/mol. The Kier molecular flexibility index (Phi) is 5.57. The Morgan fingerprint density at radius 1 is 1.37 bits per heavy atom. The zero-order valence-electron chi connectivity index (χ0n) is 10.7. The Labute approximate surface area is 116 Å². The molecule has 0 atom stereocenters. The summed E-state index contributed by atoms with van der Waals surface area (Å²) < 4.78 is 5.52. The third-order valence-electron chi connectivity index (χ3n) is 2.16. The van der Waals surface area contributed by atoms with Gasteiger partial charge in [0.15, 0.2) is 5.78 Å². The monoisotopic (exact) mass is 282 g/mol. The van der Waals surface area contributed by atoms with Crippen LogP contribution < -0.4 is 4.74 Å². The van der Waals surface area contributed by atoms with Crippen molar-refractivity contribution in [3.63, 3.8) is 0 Å². The van der Waals surface area contributed by atoms with Gasteiger partial charge in [0, 0.05) is 11.1 Å². The molecule has 0 bridgehead atoms. The maximum atomic E-state index is 11.9. The second-order valence-electron chi connectivity index (χ2n) is 4.38. The Balaban J connectivity index is 2.99. The quantitative estimate of drug-likeness (QED) is 0.643. The minimum Gasteiger partial charge on any atom is -0.493 e. The number of hydrogen-bond acceptors (Lipinski definition) is 3. The van der Waals surface area contributed by atoms with Crippen LogP contribution in [-0.2, 0) is 4.79 Å². The van der Waals surface area contributed by atoms with E-state index in [4.69, 9.17) is 21.4 Å². The SMILES string of the molecule is CC(C)COc1ccc(Cl)cc1C(=O)/C=C/C(=O)O. The summed E-state index contributed by atoms with van der Waals surface area (Å²) in [5.41, 5.74) is 0.255. The third kappa shape index (κ3) is 5.14. The fraction of sp³-hybridized carbons (Fsp3) is 0.286.